The van der Waals surface area contributed by atoms with Gasteiger partial charge in [0, 0.05) is 0 Å². The quantitative estimate of drug-likeness (QED) is 0.0714. The summed E-state index contributed by atoms with van der Waals surface area (Å²) in [7, 11) is 3.26. The molecule has 12 rings (SSSR count). The predicted octanol–water partition coefficient (Wildman–Crippen LogP) is 24.9. The van der Waals surface area contributed by atoms with E-state index in [1.54, 1.807) is 0 Å². The van der Waals surface area contributed by atoms with Gasteiger partial charge in [-0.25, -0.2) is 0 Å². The summed E-state index contributed by atoms with van der Waals surface area (Å²) in [5, 5.41) is 0. The molecule has 4 nitrogen and oxygen atoms in total. The van der Waals surface area contributed by atoms with Gasteiger partial charge < -0.3 is 17.7 Å². The molecule has 8 aromatic rings. The first kappa shape index (κ1) is 71.5. The van der Waals surface area contributed by atoms with Crippen molar-refractivity contribution in [3.05, 3.63) is 306 Å². The van der Waals surface area contributed by atoms with Gasteiger partial charge in [0.1, 0.15) is 23.0 Å². The number of aryl methyl sites for hydroxylation is 4. The number of allylic oxidation sites excluding steroid dienone is 12. The molecule has 0 spiro atoms. The molecule has 4 aliphatic rings. The summed E-state index contributed by atoms with van der Waals surface area (Å²) in [6.45, 7) is 40.7. The normalized spacial score (nSPS) is 17.7. The van der Waals surface area contributed by atoms with Gasteiger partial charge >= 0.3 is 37.9 Å². The fourth-order valence-electron chi connectivity index (χ4n) is 14.7. The van der Waals surface area contributed by atoms with Crippen LogP contribution in [0.5, 0.6) is 23.0 Å². The standard InChI is InChI=1S/2C42H48O2Si2.2ClH.Zr/c2*1-28-26-39-35(31-18-22-33(23-19-31)43-45(4,5)6)14-10-12-16-37(39)41(28)30(3)42-29(2)27-40-36(15-11-13-17-38(40)42)32-20-24-34(25-21-32)44-46(7,8)9;;;/h2*10-27,30,35-36H,1-9H3;2*1H;/q2*-2;;;+2/p-2. The third-order valence-electron chi connectivity index (χ3n) is 18.0. The fourth-order valence-corrected chi connectivity index (χ4v) is 18.0. The Morgan fingerprint density at radius 1 is 0.316 bits per heavy atom. The molecule has 4 unspecified atom stereocenters. The Hall–Kier alpha value is -6.27. The molecule has 4 aliphatic carbocycles. The van der Waals surface area contributed by atoms with Crippen LogP contribution in [0.3, 0.4) is 0 Å². The topological polar surface area (TPSA) is 36.9 Å². The average Bonchev–Trinajstić information content (AvgIpc) is 1.61. The van der Waals surface area contributed by atoms with Crippen molar-refractivity contribution in [1.82, 2.24) is 0 Å². The van der Waals surface area contributed by atoms with Crippen LogP contribution >= 0.6 is 17.0 Å². The average molecular weight is 1440 g/mol. The molecule has 0 amide bonds. The summed E-state index contributed by atoms with van der Waals surface area (Å²) in [5.74, 6) is 5.17. The summed E-state index contributed by atoms with van der Waals surface area (Å²) in [4.78, 5) is 0. The maximum atomic E-state index is 6.25. The monoisotopic (exact) mass is 1440 g/mol. The zero-order valence-corrected chi connectivity index (χ0v) is 67.1. The second kappa shape index (κ2) is 29.8. The van der Waals surface area contributed by atoms with Gasteiger partial charge in [-0.15, -0.1) is 115 Å². The zero-order valence-electron chi connectivity index (χ0n) is 59.1. The van der Waals surface area contributed by atoms with Crippen molar-refractivity contribution in [3.63, 3.8) is 0 Å². The molecule has 4 atom stereocenters. The van der Waals surface area contributed by atoms with Crippen molar-refractivity contribution in [2.75, 3.05) is 0 Å². The second-order valence-corrected chi connectivity index (χ2v) is 51.4. The molecule has 0 radical (unpaired) electrons. The van der Waals surface area contributed by atoms with Gasteiger partial charge in [-0.1, -0.05) is 151 Å². The minimum atomic E-state index is -1.65. The summed E-state index contributed by atoms with van der Waals surface area (Å²) >= 11 is -0.826. The predicted molar refractivity (Wildman–Crippen MR) is 416 cm³/mol. The number of benzene rings is 4. The molecular formula is C84H96Cl2O4Si4Zr-4. The van der Waals surface area contributed by atoms with E-state index in [1.807, 2.05) is 0 Å². The third-order valence-corrected chi connectivity index (χ3v) is 21.4. The first-order valence-corrected chi connectivity index (χ1v) is 53.7. The van der Waals surface area contributed by atoms with Crippen LogP contribution in [0.25, 0.3) is 24.3 Å². The molecule has 0 N–H and O–H groups in total. The Labute approximate surface area is 592 Å². The maximum absolute atomic E-state index is 6.25. The van der Waals surface area contributed by atoms with E-state index in [-0.39, 0.29) is 35.5 Å². The minimum absolute atomic E-state index is 0.199. The molecule has 0 bridgehead atoms. The second-order valence-electron chi connectivity index (χ2n) is 30.0. The van der Waals surface area contributed by atoms with Crippen LogP contribution in [0.2, 0.25) is 78.6 Å². The van der Waals surface area contributed by atoms with Gasteiger partial charge in [0.15, 0.2) is 0 Å². The summed E-state index contributed by atoms with van der Waals surface area (Å²) in [6.07, 6.45) is 36.3. The van der Waals surface area contributed by atoms with Crippen LogP contribution in [0.4, 0.5) is 0 Å². The first-order chi connectivity index (χ1) is 45.0. The molecule has 0 fully saturated rings. The van der Waals surface area contributed by atoms with Crippen LogP contribution in [-0.4, -0.2) is 33.3 Å². The van der Waals surface area contributed by atoms with Crippen molar-refractivity contribution in [2.45, 2.75) is 156 Å². The SMILES string of the molecule is Cc1cc2c([c-]1C(C)[c-]1c(C)cc3c1C=CC=CC3c1ccc(O[Si](C)(C)C)cc1)C=CC=CC2c1ccc(O[Si](C)(C)C)cc1.Cc1cc2c([c-]1C(C)[c-]1c(C)cc3c1C=CC=CC3c1ccc(O[Si](C)(C)C)cc1)C=CC=CC2c1ccc(O[Si](C)(C)C)cc1.[Cl][Zr][Cl]. The van der Waals surface area contributed by atoms with E-state index in [4.69, 9.17) is 34.7 Å². The third kappa shape index (κ3) is 17.2. The molecule has 494 valence electrons. The van der Waals surface area contributed by atoms with Crippen molar-refractivity contribution < 1.29 is 38.6 Å². The van der Waals surface area contributed by atoms with Crippen LogP contribution in [-0.2, 0) is 20.8 Å². The van der Waals surface area contributed by atoms with Gasteiger partial charge in [-0.2, -0.15) is 46.5 Å². The van der Waals surface area contributed by atoms with Crippen molar-refractivity contribution >= 4 is 74.6 Å². The van der Waals surface area contributed by atoms with Gasteiger partial charge in [0.2, 0.25) is 33.3 Å². The van der Waals surface area contributed by atoms with Gasteiger partial charge in [-0.3, -0.25) is 0 Å². The fraction of sp³-hybridized carbons (Fsp3) is 0.286. The Morgan fingerprint density at radius 3 is 0.663 bits per heavy atom. The Morgan fingerprint density at radius 2 is 0.495 bits per heavy atom. The number of hydrogen-bond acceptors (Lipinski definition) is 4. The summed E-state index contributed by atoms with van der Waals surface area (Å²) in [6, 6.07) is 44.8. The Kier molecular flexibility index (Phi) is 22.5. The molecule has 0 heterocycles. The molecular weight excluding hydrogens is 1350 g/mol. The van der Waals surface area contributed by atoms with E-state index < -0.39 is 54.1 Å². The number of rotatable bonds is 16. The molecule has 95 heavy (non-hydrogen) atoms. The van der Waals surface area contributed by atoms with E-state index in [0.717, 1.165) is 23.0 Å². The molecule has 0 aliphatic heterocycles. The summed E-state index contributed by atoms with van der Waals surface area (Å²) in [5.41, 5.74) is 27.4. The Bertz CT molecular complexity index is 3700. The number of fused-ring (bicyclic) bond motifs is 4. The number of hydrogen-bond donors (Lipinski definition) is 0. The molecule has 0 saturated heterocycles. The summed E-state index contributed by atoms with van der Waals surface area (Å²) < 4.78 is 25.0. The van der Waals surface area contributed by atoms with E-state index in [9.17, 15) is 0 Å². The van der Waals surface area contributed by atoms with E-state index >= 15 is 0 Å². The van der Waals surface area contributed by atoms with E-state index in [1.165, 1.54) is 111 Å². The van der Waals surface area contributed by atoms with E-state index in [0.29, 0.717) is 0 Å². The van der Waals surface area contributed by atoms with Crippen molar-refractivity contribution in [1.29, 1.82) is 0 Å². The van der Waals surface area contributed by atoms with Crippen molar-refractivity contribution in [3.8, 4) is 23.0 Å². The van der Waals surface area contributed by atoms with E-state index in [2.05, 4.69) is 339 Å². The first-order valence-electron chi connectivity index (χ1n) is 33.7. The van der Waals surface area contributed by atoms with Crippen LogP contribution in [0.1, 0.15) is 161 Å². The van der Waals surface area contributed by atoms with Crippen LogP contribution in [0.15, 0.2) is 194 Å². The molecule has 11 heteroatoms. The van der Waals surface area contributed by atoms with Crippen molar-refractivity contribution in [2.24, 2.45) is 0 Å². The Balaban J connectivity index is 0.000000199. The van der Waals surface area contributed by atoms with Crippen LogP contribution in [0, 0.1) is 27.7 Å². The van der Waals surface area contributed by atoms with Crippen LogP contribution < -0.4 is 17.7 Å². The molecule has 8 aromatic carbocycles. The van der Waals surface area contributed by atoms with Gasteiger partial charge in [-0.05, 0) is 173 Å². The zero-order chi connectivity index (χ0) is 68.3. The molecule has 0 saturated carbocycles. The molecule has 0 aromatic heterocycles. The van der Waals surface area contributed by atoms with Gasteiger partial charge in [0.25, 0.3) is 0 Å². The van der Waals surface area contributed by atoms with Gasteiger partial charge in [0.05, 0.1) is 0 Å². The number of halogens is 2.